The number of nitrogens with zero attached hydrogens (tertiary/aromatic N) is 2. The summed E-state index contributed by atoms with van der Waals surface area (Å²) >= 11 is 5.86. The van der Waals surface area contributed by atoms with Crippen molar-refractivity contribution in [2.75, 3.05) is 0 Å². The van der Waals surface area contributed by atoms with E-state index in [0.717, 1.165) is 10.1 Å². The van der Waals surface area contributed by atoms with Crippen molar-refractivity contribution in [3.05, 3.63) is 67.4 Å². The van der Waals surface area contributed by atoms with Gasteiger partial charge in [0.05, 0.1) is 0 Å². The maximum atomic E-state index is 12.0. The number of aryl methyl sites for hydroxylation is 1. The summed E-state index contributed by atoms with van der Waals surface area (Å²) in [7, 11) is 3.12. The maximum absolute atomic E-state index is 12.0. The van der Waals surface area contributed by atoms with E-state index in [9.17, 15) is 9.59 Å². The highest BCUT2D eigenvalue weighted by molar-refractivity contribution is 6.30. The lowest BCUT2D eigenvalue weighted by Gasteiger charge is -2.15. The fourth-order valence-corrected chi connectivity index (χ4v) is 2.26. The molecule has 0 spiro atoms. The lowest BCUT2D eigenvalue weighted by molar-refractivity contribution is 0.559. The first-order valence-corrected chi connectivity index (χ1v) is 7.02. The minimum absolute atomic E-state index is 0.0733. The highest BCUT2D eigenvalue weighted by Gasteiger charge is 2.09. The molecule has 2 aromatic rings. The number of benzene rings is 1. The number of rotatable bonds is 4. The van der Waals surface area contributed by atoms with Crippen LogP contribution in [0.1, 0.15) is 24.1 Å². The Morgan fingerprint density at radius 2 is 1.81 bits per heavy atom. The molecule has 1 aromatic carbocycles. The summed E-state index contributed by atoms with van der Waals surface area (Å²) in [5.74, 6) is 0. The predicted molar refractivity (Wildman–Crippen MR) is 83.6 cm³/mol. The normalized spacial score (nSPS) is 12.4. The molecule has 112 valence electrons. The van der Waals surface area contributed by atoms with Crippen LogP contribution >= 0.6 is 11.6 Å². The van der Waals surface area contributed by atoms with Crippen LogP contribution in [-0.2, 0) is 20.6 Å². The standard InChI is InChI=1S/C15H18ClN3O2/c1-10(11-4-6-13(16)7-5-11)17-8-12-9-18(2)15(21)19(3)14(12)20/h4-7,9-10,17H,8H2,1-3H3/t10-/m1/s1. The third-order valence-electron chi connectivity index (χ3n) is 3.49. The van der Waals surface area contributed by atoms with Crippen LogP contribution in [0.25, 0.3) is 0 Å². The van der Waals surface area contributed by atoms with Crippen LogP contribution in [0.2, 0.25) is 5.02 Å². The molecule has 0 fully saturated rings. The van der Waals surface area contributed by atoms with Gasteiger partial charge in [-0.3, -0.25) is 9.36 Å². The van der Waals surface area contributed by atoms with Gasteiger partial charge < -0.3 is 9.88 Å². The Morgan fingerprint density at radius 3 is 2.43 bits per heavy atom. The first kappa shape index (κ1) is 15.5. The zero-order valence-corrected chi connectivity index (χ0v) is 13.0. The largest absolute Gasteiger partial charge is 0.330 e. The van der Waals surface area contributed by atoms with Crippen molar-refractivity contribution in [2.45, 2.75) is 19.5 Å². The topological polar surface area (TPSA) is 56.0 Å². The Balaban J connectivity index is 2.15. The summed E-state index contributed by atoms with van der Waals surface area (Å²) in [6.07, 6.45) is 1.58. The van der Waals surface area contributed by atoms with Gasteiger partial charge in [-0.25, -0.2) is 4.79 Å². The highest BCUT2D eigenvalue weighted by Crippen LogP contribution is 2.16. The number of nitrogens with one attached hydrogen (secondary N) is 1. The Labute approximate surface area is 127 Å². The van der Waals surface area contributed by atoms with Crippen LogP contribution in [-0.4, -0.2) is 9.13 Å². The van der Waals surface area contributed by atoms with Crippen LogP contribution in [0.4, 0.5) is 0 Å². The molecular weight excluding hydrogens is 290 g/mol. The molecule has 0 bridgehead atoms. The molecule has 0 radical (unpaired) electrons. The van der Waals surface area contributed by atoms with E-state index in [4.69, 9.17) is 11.6 Å². The molecule has 0 saturated carbocycles. The fraction of sp³-hybridized carbons (Fsp3) is 0.333. The number of hydrogen-bond acceptors (Lipinski definition) is 3. The van der Waals surface area contributed by atoms with E-state index in [2.05, 4.69) is 5.32 Å². The van der Waals surface area contributed by atoms with Crippen LogP contribution in [0.15, 0.2) is 40.1 Å². The van der Waals surface area contributed by atoms with Crippen molar-refractivity contribution < 1.29 is 0 Å². The molecule has 1 atom stereocenters. The minimum atomic E-state index is -0.325. The predicted octanol–water partition coefficient (Wildman–Crippen LogP) is 1.59. The van der Waals surface area contributed by atoms with Gasteiger partial charge in [0.1, 0.15) is 0 Å². The Bertz CT molecular complexity index is 747. The van der Waals surface area contributed by atoms with Crippen LogP contribution in [0.3, 0.4) is 0 Å². The third-order valence-corrected chi connectivity index (χ3v) is 3.74. The third kappa shape index (κ3) is 3.43. The fourth-order valence-electron chi connectivity index (χ4n) is 2.14. The summed E-state index contributed by atoms with van der Waals surface area (Å²) in [6, 6.07) is 7.63. The number of hydrogen-bond donors (Lipinski definition) is 1. The number of aromatic nitrogens is 2. The van der Waals surface area contributed by atoms with Gasteiger partial charge >= 0.3 is 5.69 Å². The second kappa shape index (κ2) is 6.28. The lowest BCUT2D eigenvalue weighted by atomic mass is 10.1. The van der Waals surface area contributed by atoms with E-state index in [1.807, 2.05) is 31.2 Å². The molecule has 21 heavy (non-hydrogen) atoms. The SMILES string of the molecule is C[C@@H](NCc1cn(C)c(=O)n(C)c1=O)c1ccc(Cl)cc1. The Kier molecular flexibility index (Phi) is 4.65. The first-order chi connectivity index (χ1) is 9.90. The van der Waals surface area contributed by atoms with E-state index in [1.165, 1.54) is 11.6 Å². The lowest BCUT2D eigenvalue weighted by Crippen LogP contribution is -2.39. The van der Waals surface area contributed by atoms with E-state index in [1.54, 1.807) is 13.2 Å². The Hall–Kier alpha value is -1.85. The molecule has 0 aliphatic rings. The van der Waals surface area contributed by atoms with Crippen LogP contribution in [0.5, 0.6) is 0 Å². The molecule has 5 nitrogen and oxygen atoms in total. The smallest absolute Gasteiger partial charge is 0.306 e. The summed E-state index contributed by atoms with van der Waals surface area (Å²) < 4.78 is 2.52. The van der Waals surface area contributed by atoms with Gasteiger partial charge in [0.15, 0.2) is 0 Å². The quantitative estimate of drug-likeness (QED) is 0.933. The Morgan fingerprint density at radius 1 is 1.19 bits per heavy atom. The van der Waals surface area contributed by atoms with Crippen molar-refractivity contribution >= 4 is 11.6 Å². The molecule has 0 aliphatic heterocycles. The van der Waals surface area contributed by atoms with Crippen molar-refractivity contribution in [2.24, 2.45) is 14.1 Å². The summed E-state index contributed by atoms with van der Waals surface area (Å²) in [6.45, 7) is 2.40. The van der Waals surface area contributed by atoms with E-state index in [0.29, 0.717) is 17.1 Å². The zero-order chi connectivity index (χ0) is 15.6. The van der Waals surface area contributed by atoms with Gasteiger partial charge in [-0.2, -0.15) is 0 Å². The molecular formula is C15H18ClN3O2. The maximum Gasteiger partial charge on any atom is 0.330 e. The average molecular weight is 308 g/mol. The van der Waals surface area contributed by atoms with Gasteiger partial charge in [0.2, 0.25) is 0 Å². The molecule has 2 rings (SSSR count). The molecule has 0 amide bonds. The zero-order valence-electron chi connectivity index (χ0n) is 12.3. The molecule has 0 saturated heterocycles. The van der Waals surface area contributed by atoms with E-state index >= 15 is 0 Å². The summed E-state index contributed by atoms with van der Waals surface area (Å²) in [5, 5.41) is 3.97. The molecule has 1 heterocycles. The van der Waals surface area contributed by atoms with Crippen molar-refractivity contribution in [1.82, 2.24) is 14.5 Å². The molecule has 6 heteroatoms. The molecule has 1 N–H and O–H groups in total. The second-order valence-electron chi connectivity index (χ2n) is 5.07. The van der Waals surface area contributed by atoms with Crippen LogP contribution in [0, 0.1) is 0 Å². The van der Waals surface area contributed by atoms with E-state index in [-0.39, 0.29) is 17.3 Å². The monoisotopic (exact) mass is 307 g/mol. The van der Waals surface area contributed by atoms with Gasteiger partial charge in [0.25, 0.3) is 5.56 Å². The number of halogens is 1. The van der Waals surface area contributed by atoms with Crippen molar-refractivity contribution in [3.8, 4) is 0 Å². The highest BCUT2D eigenvalue weighted by atomic mass is 35.5. The first-order valence-electron chi connectivity index (χ1n) is 6.64. The van der Waals surface area contributed by atoms with Gasteiger partial charge in [-0.1, -0.05) is 23.7 Å². The van der Waals surface area contributed by atoms with Crippen molar-refractivity contribution in [3.63, 3.8) is 0 Å². The molecule has 1 aromatic heterocycles. The second-order valence-corrected chi connectivity index (χ2v) is 5.50. The molecule has 0 aliphatic carbocycles. The molecule has 0 unspecified atom stereocenters. The van der Waals surface area contributed by atoms with Crippen molar-refractivity contribution in [1.29, 1.82) is 0 Å². The van der Waals surface area contributed by atoms with Gasteiger partial charge in [-0.15, -0.1) is 0 Å². The minimum Gasteiger partial charge on any atom is -0.306 e. The van der Waals surface area contributed by atoms with Gasteiger partial charge in [0, 0.05) is 43.5 Å². The van der Waals surface area contributed by atoms with E-state index < -0.39 is 0 Å². The summed E-state index contributed by atoms with van der Waals surface area (Å²) in [5.41, 5.74) is 1.05. The average Bonchev–Trinajstić information content (AvgIpc) is 2.48. The van der Waals surface area contributed by atoms with Crippen LogP contribution < -0.4 is 16.6 Å². The summed E-state index contributed by atoms with van der Waals surface area (Å²) in [4.78, 5) is 23.7. The van der Waals surface area contributed by atoms with Gasteiger partial charge in [-0.05, 0) is 24.6 Å².